The summed E-state index contributed by atoms with van der Waals surface area (Å²) in [5.41, 5.74) is -0.0426. The number of aromatic nitrogens is 3. The minimum absolute atomic E-state index is 0.00288. The number of aromatic amines is 1. The number of carbonyl (C=O) groups excluding carboxylic acids is 1. The van der Waals surface area contributed by atoms with Gasteiger partial charge in [0, 0.05) is 36.8 Å². The molecule has 1 aromatic carbocycles. The first kappa shape index (κ1) is 20.2. The Bertz CT molecular complexity index is 1170. The summed E-state index contributed by atoms with van der Waals surface area (Å²) in [7, 11) is 0. The normalized spacial score (nSPS) is 16.6. The maximum atomic E-state index is 12.7. The fraction of sp³-hybridized carbons (Fsp3) is 0.333. The van der Waals surface area contributed by atoms with E-state index in [2.05, 4.69) is 9.97 Å². The van der Waals surface area contributed by atoms with E-state index in [9.17, 15) is 14.4 Å². The molecule has 1 N–H and O–H groups in total. The number of benzene rings is 1. The highest BCUT2D eigenvalue weighted by Crippen LogP contribution is 2.27. The summed E-state index contributed by atoms with van der Waals surface area (Å²) < 4.78 is 7.15. The number of carbonyl (C=O) groups is 1. The van der Waals surface area contributed by atoms with E-state index in [1.54, 1.807) is 11.1 Å². The van der Waals surface area contributed by atoms with Crippen LogP contribution in [0.3, 0.4) is 0 Å². The molecule has 3 heterocycles. The molecule has 1 amide bonds. The van der Waals surface area contributed by atoms with E-state index < -0.39 is 11.2 Å². The molecule has 1 saturated heterocycles. The minimum atomic E-state index is -0.595. The second kappa shape index (κ2) is 8.71. The van der Waals surface area contributed by atoms with Gasteiger partial charge in [-0.05, 0) is 30.5 Å². The Morgan fingerprint density at radius 3 is 2.97 bits per heavy atom. The van der Waals surface area contributed by atoms with Crippen molar-refractivity contribution in [3.05, 3.63) is 85.8 Å². The van der Waals surface area contributed by atoms with Crippen molar-refractivity contribution in [3.8, 4) is 0 Å². The van der Waals surface area contributed by atoms with Crippen molar-refractivity contribution in [2.45, 2.75) is 31.7 Å². The molecule has 1 fully saturated rings. The molecule has 3 aromatic rings. The third kappa shape index (κ3) is 4.71. The zero-order chi connectivity index (χ0) is 21.1. The van der Waals surface area contributed by atoms with Gasteiger partial charge in [0.05, 0.1) is 12.1 Å². The fourth-order valence-electron chi connectivity index (χ4n) is 3.66. The lowest BCUT2D eigenvalue weighted by atomic mass is 9.98. The number of oxazole rings is 1. The standard InChI is InChI=1S/C21H21ClN4O4/c22-16-5-1-3-14(9-16)10-17-11-23-20(30-17)15-4-2-7-25(12-15)19(28)13-26-8-6-18(27)24-21(26)29/h1,3,5-6,8-9,11,15H,2,4,7,10,12-13H2,(H,24,27,29). The largest absolute Gasteiger partial charge is 0.445 e. The lowest BCUT2D eigenvalue weighted by molar-refractivity contribution is -0.133. The monoisotopic (exact) mass is 428 g/mol. The molecule has 0 bridgehead atoms. The molecule has 0 aliphatic carbocycles. The average molecular weight is 429 g/mol. The topological polar surface area (TPSA) is 101 Å². The molecule has 30 heavy (non-hydrogen) atoms. The number of piperidine rings is 1. The predicted molar refractivity (Wildman–Crippen MR) is 111 cm³/mol. The Labute approximate surface area is 177 Å². The second-order valence-electron chi connectivity index (χ2n) is 7.39. The summed E-state index contributed by atoms with van der Waals surface area (Å²) >= 11 is 6.04. The maximum absolute atomic E-state index is 12.7. The molecule has 1 unspecified atom stereocenters. The van der Waals surface area contributed by atoms with E-state index in [-0.39, 0.29) is 18.4 Å². The van der Waals surface area contributed by atoms with Gasteiger partial charge in [-0.3, -0.25) is 19.1 Å². The number of H-pyrrole nitrogens is 1. The van der Waals surface area contributed by atoms with Crippen LogP contribution in [0.15, 0.2) is 56.7 Å². The van der Waals surface area contributed by atoms with Crippen LogP contribution < -0.4 is 11.2 Å². The summed E-state index contributed by atoms with van der Waals surface area (Å²) in [6.07, 6.45) is 5.34. The van der Waals surface area contributed by atoms with Crippen LogP contribution in [-0.2, 0) is 17.8 Å². The third-order valence-electron chi connectivity index (χ3n) is 5.16. The van der Waals surface area contributed by atoms with Gasteiger partial charge in [0.1, 0.15) is 12.3 Å². The van der Waals surface area contributed by atoms with Crippen LogP contribution in [0, 0.1) is 0 Å². The van der Waals surface area contributed by atoms with Crippen LogP contribution >= 0.6 is 11.6 Å². The summed E-state index contributed by atoms with van der Waals surface area (Å²) in [6.45, 7) is 0.978. The highest BCUT2D eigenvalue weighted by molar-refractivity contribution is 6.30. The average Bonchev–Trinajstić information content (AvgIpc) is 3.19. The van der Waals surface area contributed by atoms with E-state index in [0.717, 1.165) is 24.2 Å². The molecule has 0 spiro atoms. The lowest BCUT2D eigenvalue weighted by Crippen LogP contribution is -2.42. The molecule has 2 aromatic heterocycles. The first-order chi connectivity index (χ1) is 14.5. The first-order valence-electron chi connectivity index (χ1n) is 9.74. The number of hydrogen-bond donors (Lipinski definition) is 1. The van der Waals surface area contributed by atoms with E-state index in [1.165, 1.54) is 16.8 Å². The summed E-state index contributed by atoms with van der Waals surface area (Å²) in [5.74, 6) is 1.18. The molecular weight excluding hydrogens is 408 g/mol. The molecule has 0 radical (unpaired) electrons. The fourth-order valence-corrected chi connectivity index (χ4v) is 3.87. The number of likely N-dealkylation sites (tertiary alicyclic amines) is 1. The number of hydrogen-bond acceptors (Lipinski definition) is 5. The van der Waals surface area contributed by atoms with Gasteiger partial charge in [-0.1, -0.05) is 23.7 Å². The molecule has 8 nitrogen and oxygen atoms in total. The summed E-state index contributed by atoms with van der Waals surface area (Å²) in [5, 5.41) is 0.676. The number of amides is 1. The van der Waals surface area contributed by atoms with Crippen LogP contribution in [-0.4, -0.2) is 38.4 Å². The number of rotatable bonds is 5. The first-order valence-corrected chi connectivity index (χ1v) is 10.1. The minimum Gasteiger partial charge on any atom is -0.445 e. The van der Waals surface area contributed by atoms with Crippen LogP contribution in [0.2, 0.25) is 5.02 Å². The van der Waals surface area contributed by atoms with Gasteiger partial charge in [-0.2, -0.15) is 0 Å². The highest BCUT2D eigenvalue weighted by Gasteiger charge is 2.28. The summed E-state index contributed by atoms with van der Waals surface area (Å²) in [4.78, 5) is 44.0. The van der Waals surface area contributed by atoms with Crippen molar-refractivity contribution in [1.82, 2.24) is 19.4 Å². The van der Waals surface area contributed by atoms with Crippen molar-refractivity contribution < 1.29 is 9.21 Å². The van der Waals surface area contributed by atoms with Crippen LogP contribution in [0.4, 0.5) is 0 Å². The maximum Gasteiger partial charge on any atom is 0.328 e. The van der Waals surface area contributed by atoms with Crippen molar-refractivity contribution in [3.63, 3.8) is 0 Å². The molecular formula is C21H21ClN4O4. The molecule has 1 aliphatic heterocycles. The summed E-state index contributed by atoms with van der Waals surface area (Å²) in [6, 6.07) is 8.82. The van der Waals surface area contributed by atoms with Crippen LogP contribution in [0.5, 0.6) is 0 Å². The van der Waals surface area contributed by atoms with Crippen LogP contribution in [0.25, 0.3) is 0 Å². The number of nitrogens with one attached hydrogen (secondary N) is 1. The van der Waals surface area contributed by atoms with Gasteiger partial charge >= 0.3 is 5.69 Å². The van der Waals surface area contributed by atoms with E-state index in [1.807, 2.05) is 24.3 Å². The Kier molecular flexibility index (Phi) is 5.85. The third-order valence-corrected chi connectivity index (χ3v) is 5.40. The van der Waals surface area contributed by atoms with Gasteiger partial charge in [0.2, 0.25) is 5.91 Å². The van der Waals surface area contributed by atoms with E-state index in [0.29, 0.717) is 30.4 Å². The predicted octanol–water partition coefficient (Wildman–Crippen LogP) is 2.17. The van der Waals surface area contributed by atoms with Crippen molar-refractivity contribution in [2.75, 3.05) is 13.1 Å². The molecule has 156 valence electrons. The molecule has 0 saturated carbocycles. The van der Waals surface area contributed by atoms with Gasteiger partial charge in [-0.15, -0.1) is 0 Å². The SMILES string of the molecule is O=C(Cn1ccc(=O)[nH]c1=O)N1CCCC(c2ncc(Cc3cccc(Cl)c3)o2)C1. The zero-order valence-corrected chi connectivity index (χ0v) is 17.0. The lowest BCUT2D eigenvalue weighted by Gasteiger charge is -2.31. The second-order valence-corrected chi connectivity index (χ2v) is 7.82. The van der Waals surface area contributed by atoms with Crippen LogP contribution in [0.1, 0.15) is 36.0 Å². The Hall–Kier alpha value is -3.13. The Morgan fingerprint density at radius 2 is 2.17 bits per heavy atom. The van der Waals surface area contributed by atoms with E-state index >= 15 is 0 Å². The zero-order valence-electron chi connectivity index (χ0n) is 16.2. The number of halogens is 1. The molecule has 4 rings (SSSR count). The molecule has 1 aliphatic rings. The quantitative estimate of drug-likeness (QED) is 0.671. The Balaban J connectivity index is 1.41. The van der Waals surface area contributed by atoms with E-state index in [4.69, 9.17) is 16.0 Å². The van der Waals surface area contributed by atoms with Gasteiger partial charge in [0.15, 0.2) is 5.89 Å². The van der Waals surface area contributed by atoms with Crippen molar-refractivity contribution >= 4 is 17.5 Å². The molecule has 9 heteroatoms. The Morgan fingerprint density at radius 1 is 1.30 bits per heavy atom. The van der Waals surface area contributed by atoms with Crippen molar-refractivity contribution in [2.24, 2.45) is 0 Å². The van der Waals surface area contributed by atoms with Gasteiger partial charge < -0.3 is 9.32 Å². The van der Waals surface area contributed by atoms with Gasteiger partial charge in [-0.25, -0.2) is 9.78 Å². The molecule has 1 atom stereocenters. The van der Waals surface area contributed by atoms with Gasteiger partial charge in [0.25, 0.3) is 5.56 Å². The van der Waals surface area contributed by atoms with Crippen molar-refractivity contribution in [1.29, 1.82) is 0 Å². The smallest absolute Gasteiger partial charge is 0.328 e. The highest BCUT2D eigenvalue weighted by atomic mass is 35.5. The number of nitrogens with zero attached hydrogens (tertiary/aromatic N) is 3.